The van der Waals surface area contributed by atoms with Gasteiger partial charge in [-0.1, -0.05) is 0 Å². The lowest BCUT2D eigenvalue weighted by Gasteiger charge is -2.12. The van der Waals surface area contributed by atoms with Crippen LogP contribution in [-0.2, 0) is 0 Å². The van der Waals surface area contributed by atoms with Crippen LogP contribution < -0.4 is 10.1 Å². The van der Waals surface area contributed by atoms with Crippen molar-refractivity contribution in [3.8, 4) is 5.75 Å². The zero-order valence-corrected chi connectivity index (χ0v) is 9.24. The Balaban J connectivity index is 2.68. The molecule has 3 heteroatoms. The molecule has 14 heavy (non-hydrogen) atoms. The van der Waals surface area contributed by atoms with Crippen molar-refractivity contribution in [2.75, 3.05) is 7.05 Å². The highest BCUT2D eigenvalue weighted by atomic mass is 16.5. The summed E-state index contributed by atoms with van der Waals surface area (Å²) in [7, 11) is 1.92. The average molecular weight is 194 g/mol. The Morgan fingerprint density at radius 1 is 1.29 bits per heavy atom. The van der Waals surface area contributed by atoms with Crippen molar-refractivity contribution in [2.45, 2.75) is 32.9 Å². The molecular formula is C11H18N2O. The smallest absolute Gasteiger partial charge is 0.137 e. The molecule has 0 spiro atoms. The number of aromatic nitrogens is 1. The third-order valence-electron chi connectivity index (χ3n) is 2.01. The Kier molecular flexibility index (Phi) is 3.89. The minimum atomic E-state index is 0.198. The highest BCUT2D eigenvalue weighted by molar-refractivity contribution is 5.21. The zero-order chi connectivity index (χ0) is 10.6. The van der Waals surface area contributed by atoms with Crippen LogP contribution in [0.3, 0.4) is 0 Å². The van der Waals surface area contributed by atoms with E-state index in [-0.39, 0.29) is 12.1 Å². The summed E-state index contributed by atoms with van der Waals surface area (Å²) in [6, 6.07) is 4.22. The zero-order valence-electron chi connectivity index (χ0n) is 9.24. The molecule has 1 aromatic rings. The third kappa shape index (κ3) is 3.00. The van der Waals surface area contributed by atoms with E-state index < -0.39 is 0 Å². The Morgan fingerprint density at radius 3 is 2.43 bits per heavy atom. The molecule has 78 valence electrons. The standard InChI is InChI=1S/C11H18N2O/c1-8(2)14-10-5-6-11(13-7-10)9(3)12-4/h5-9,12H,1-4H3. The molecule has 1 N–H and O–H groups in total. The lowest BCUT2D eigenvalue weighted by Crippen LogP contribution is -2.14. The Bertz CT molecular complexity index is 269. The molecule has 0 amide bonds. The fourth-order valence-corrected chi connectivity index (χ4v) is 1.14. The summed E-state index contributed by atoms with van der Waals surface area (Å²) < 4.78 is 5.50. The van der Waals surface area contributed by atoms with E-state index in [9.17, 15) is 0 Å². The number of ether oxygens (including phenoxy) is 1. The van der Waals surface area contributed by atoms with Crippen LogP contribution in [0.2, 0.25) is 0 Å². The molecule has 1 heterocycles. The molecule has 0 fully saturated rings. The molecule has 1 rings (SSSR count). The maximum Gasteiger partial charge on any atom is 0.137 e. The van der Waals surface area contributed by atoms with Crippen molar-refractivity contribution in [3.05, 3.63) is 24.0 Å². The first-order valence-corrected chi connectivity index (χ1v) is 4.93. The Labute approximate surface area is 85.5 Å². The van der Waals surface area contributed by atoms with Gasteiger partial charge in [0.2, 0.25) is 0 Å². The van der Waals surface area contributed by atoms with Gasteiger partial charge in [0.25, 0.3) is 0 Å². The van der Waals surface area contributed by atoms with Crippen LogP contribution in [0.4, 0.5) is 0 Å². The molecule has 0 bridgehead atoms. The van der Waals surface area contributed by atoms with Crippen LogP contribution in [0.15, 0.2) is 18.3 Å². The number of hydrogen-bond donors (Lipinski definition) is 1. The van der Waals surface area contributed by atoms with Gasteiger partial charge in [-0.15, -0.1) is 0 Å². The summed E-state index contributed by atoms with van der Waals surface area (Å²) >= 11 is 0. The SMILES string of the molecule is CNC(C)c1ccc(OC(C)C)cn1. The van der Waals surface area contributed by atoms with Crippen molar-refractivity contribution >= 4 is 0 Å². The summed E-state index contributed by atoms with van der Waals surface area (Å²) in [4.78, 5) is 4.31. The molecule has 1 atom stereocenters. The van der Waals surface area contributed by atoms with Gasteiger partial charge >= 0.3 is 0 Å². The number of hydrogen-bond acceptors (Lipinski definition) is 3. The average Bonchev–Trinajstić information content (AvgIpc) is 2.17. The first-order valence-electron chi connectivity index (χ1n) is 4.93. The second-order valence-corrected chi connectivity index (χ2v) is 3.60. The fraction of sp³-hybridized carbons (Fsp3) is 0.545. The van der Waals surface area contributed by atoms with Crippen molar-refractivity contribution in [2.24, 2.45) is 0 Å². The van der Waals surface area contributed by atoms with Crippen LogP contribution in [0.1, 0.15) is 32.5 Å². The summed E-state index contributed by atoms with van der Waals surface area (Å²) in [5.74, 6) is 0.826. The lowest BCUT2D eigenvalue weighted by atomic mass is 10.2. The van der Waals surface area contributed by atoms with Gasteiger partial charge < -0.3 is 10.1 Å². The van der Waals surface area contributed by atoms with Crippen LogP contribution in [0, 0.1) is 0 Å². The minimum Gasteiger partial charge on any atom is -0.489 e. The second kappa shape index (κ2) is 4.96. The predicted molar refractivity (Wildman–Crippen MR) is 57.5 cm³/mol. The van der Waals surface area contributed by atoms with E-state index in [0.717, 1.165) is 11.4 Å². The molecule has 0 aliphatic heterocycles. The van der Waals surface area contributed by atoms with Crippen LogP contribution in [-0.4, -0.2) is 18.1 Å². The quantitative estimate of drug-likeness (QED) is 0.797. The van der Waals surface area contributed by atoms with Gasteiger partial charge in [-0.25, -0.2) is 0 Å². The van der Waals surface area contributed by atoms with E-state index in [1.165, 1.54) is 0 Å². The topological polar surface area (TPSA) is 34.1 Å². The molecule has 0 saturated heterocycles. The monoisotopic (exact) mass is 194 g/mol. The van der Waals surface area contributed by atoms with E-state index in [4.69, 9.17) is 4.74 Å². The van der Waals surface area contributed by atoms with Gasteiger partial charge in [0.05, 0.1) is 18.0 Å². The van der Waals surface area contributed by atoms with Crippen molar-refractivity contribution < 1.29 is 4.74 Å². The first kappa shape index (κ1) is 11.0. The first-order chi connectivity index (χ1) is 6.63. The largest absolute Gasteiger partial charge is 0.489 e. The van der Waals surface area contributed by atoms with E-state index in [2.05, 4.69) is 17.2 Å². The van der Waals surface area contributed by atoms with Gasteiger partial charge in [-0.05, 0) is 40.0 Å². The Morgan fingerprint density at radius 2 is 2.00 bits per heavy atom. The van der Waals surface area contributed by atoms with Gasteiger partial charge in [-0.3, -0.25) is 4.98 Å². The molecular weight excluding hydrogens is 176 g/mol. The van der Waals surface area contributed by atoms with Crippen molar-refractivity contribution in [3.63, 3.8) is 0 Å². The molecule has 0 aliphatic carbocycles. The van der Waals surface area contributed by atoms with Gasteiger partial charge in [0.1, 0.15) is 5.75 Å². The molecule has 3 nitrogen and oxygen atoms in total. The summed E-state index contributed by atoms with van der Waals surface area (Å²) in [6.07, 6.45) is 1.97. The number of pyridine rings is 1. The van der Waals surface area contributed by atoms with Crippen molar-refractivity contribution in [1.82, 2.24) is 10.3 Å². The molecule has 1 aromatic heterocycles. The molecule has 0 radical (unpaired) electrons. The minimum absolute atomic E-state index is 0.198. The summed E-state index contributed by atoms with van der Waals surface area (Å²) in [5.41, 5.74) is 1.03. The number of rotatable bonds is 4. The highest BCUT2D eigenvalue weighted by Gasteiger charge is 2.04. The molecule has 1 unspecified atom stereocenters. The van der Waals surface area contributed by atoms with Gasteiger partial charge in [-0.2, -0.15) is 0 Å². The van der Waals surface area contributed by atoms with E-state index in [0.29, 0.717) is 0 Å². The third-order valence-corrected chi connectivity index (χ3v) is 2.01. The van der Waals surface area contributed by atoms with E-state index >= 15 is 0 Å². The lowest BCUT2D eigenvalue weighted by molar-refractivity contribution is 0.241. The molecule has 0 aromatic carbocycles. The van der Waals surface area contributed by atoms with Crippen molar-refractivity contribution in [1.29, 1.82) is 0 Å². The van der Waals surface area contributed by atoms with Crippen LogP contribution in [0.25, 0.3) is 0 Å². The number of nitrogens with one attached hydrogen (secondary N) is 1. The molecule has 0 saturated carbocycles. The maximum atomic E-state index is 5.50. The molecule has 0 aliphatic rings. The van der Waals surface area contributed by atoms with E-state index in [1.807, 2.05) is 33.0 Å². The second-order valence-electron chi connectivity index (χ2n) is 3.60. The fourth-order valence-electron chi connectivity index (χ4n) is 1.14. The predicted octanol–water partition coefficient (Wildman–Crippen LogP) is 2.15. The number of nitrogens with zero attached hydrogens (tertiary/aromatic N) is 1. The van der Waals surface area contributed by atoms with Crippen LogP contribution >= 0.6 is 0 Å². The van der Waals surface area contributed by atoms with Gasteiger partial charge in [0, 0.05) is 6.04 Å². The summed E-state index contributed by atoms with van der Waals surface area (Å²) in [5, 5.41) is 3.14. The normalized spacial score (nSPS) is 12.9. The van der Waals surface area contributed by atoms with E-state index in [1.54, 1.807) is 6.20 Å². The van der Waals surface area contributed by atoms with Crippen LogP contribution in [0.5, 0.6) is 5.75 Å². The van der Waals surface area contributed by atoms with Gasteiger partial charge in [0.15, 0.2) is 0 Å². The highest BCUT2D eigenvalue weighted by Crippen LogP contribution is 2.14. The maximum absolute atomic E-state index is 5.50. The Hall–Kier alpha value is -1.09. The summed E-state index contributed by atoms with van der Waals surface area (Å²) in [6.45, 7) is 6.08.